The number of rotatable bonds is 8. The van der Waals surface area contributed by atoms with E-state index in [1.807, 2.05) is 12.1 Å². The first-order valence-electron chi connectivity index (χ1n) is 7.15. The van der Waals surface area contributed by atoms with E-state index in [0.717, 1.165) is 13.0 Å². The first kappa shape index (κ1) is 17.4. The molecule has 0 bridgehead atoms. The minimum absolute atomic E-state index is 0.186. The number of hydrogen-bond donors (Lipinski definition) is 1. The molecule has 1 rings (SSSR count). The summed E-state index contributed by atoms with van der Waals surface area (Å²) >= 11 is 0. The maximum atomic E-state index is 8.80. The van der Waals surface area contributed by atoms with Crippen molar-refractivity contribution in [3.8, 4) is 23.3 Å². The van der Waals surface area contributed by atoms with Crippen molar-refractivity contribution in [2.24, 2.45) is 5.92 Å². The Hall–Kier alpha value is -1.70. The van der Waals surface area contributed by atoms with Gasteiger partial charge in [0.25, 0.3) is 0 Å². The molecule has 0 saturated heterocycles. The number of methoxy groups -OCH3 is 1. The van der Waals surface area contributed by atoms with E-state index in [2.05, 4.69) is 25.7 Å². The minimum Gasteiger partial charge on any atom is -0.497 e. The summed E-state index contributed by atoms with van der Waals surface area (Å²) in [4.78, 5) is 0. The lowest BCUT2D eigenvalue weighted by atomic mass is 10.1. The third-order valence-corrected chi connectivity index (χ3v) is 2.81. The highest BCUT2D eigenvalue weighted by Gasteiger charge is 2.04. The molecule has 1 aromatic carbocycles. The topological polar surface area (TPSA) is 47.9 Å². The van der Waals surface area contributed by atoms with Crippen molar-refractivity contribution < 1.29 is 19.3 Å². The lowest BCUT2D eigenvalue weighted by Crippen LogP contribution is -2.09. The predicted octanol–water partition coefficient (Wildman–Crippen LogP) is 2.48. The Morgan fingerprint density at radius 1 is 1.19 bits per heavy atom. The molecule has 0 unspecified atom stereocenters. The highest BCUT2D eigenvalue weighted by Crippen LogP contribution is 2.23. The number of ether oxygens (including phenoxy) is 3. The van der Waals surface area contributed by atoms with Crippen LogP contribution in [0.15, 0.2) is 18.2 Å². The van der Waals surface area contributed by atoms with Crippen LogP contribution in [0.4, 0.5) is 0 Å². The van der Waals surface area contributed by atoms with Gasteiger partial charge in [0.2, 0.25) is 0 Å². The van der Waals surface area contributed by atoms with Gasteiger partial charge in [0.05, 0.1) is 19.3 Å². The van der Waals surface area contributed by atoms with Gasteiger partial charge in [-0.05, 0) is 30.5 Å². The molecule has 0 atom stereocenters. The normalized spacial score (nSPS) is 10.1. The second kappa shape index (κ2) is 10.1. The Morgan fingerprint density at radius 3 is 2.67 bits per heavy atom. The standard InChI is InChI=1S/C17H24O4/c1-14(2)8-10-20-11-12-21-17-7-6-16(19-3)13-15(17)5-4-9-18/h6-7,13-14,18H,8-12H2,1-3H3. The third kappa shape index (κ3) is 7.03. The summed E-state index contributed by atoms with van der Waals surface area (Å²) in [5.41, 5.74) is 0.700. The molecule has 0 saturated carbocycles. The van der Waals surface area contributed by atoms with Crippen molar-refractivity contribution in [1.82, 2.24) is 0 Å². The molecule has 1 aromatic rings. The van der Waals surface area contributed by atoms with Crippen LogP contribution in [0.2, 0.25) is 0 Å². The first-order valence-corrected chi connectivity index (χ1v) is 7.15. The molecule has 0 heterocycles. The highest BCUT2D eigenvalue weighted by atomic mass is 16.5. The van der Waals surface area contributed by atoms with E-state index in [4.69, 9.17) is 19.3 Å². The van der Waals surface area contributed by atoms with E-state index < -0.39 is 0 Å². The molecule has 4 heteroatoms. The monoisotopic (exact) mass is 292 g/mol. The number of aliphatic hydroxyl groups excluding tert-OH is 1. The van der Waals surface area contributed by atoms with Crippen LogP contribution >= 0.6 is 0 Å². The van der Waals surface area contributed by atoms with Crippen LogP contribution in [0, 0.1) is 17.8 Å². The number of hydrogen-bond acceptors (Lipinski definition) is 4. The molecule has 0 aliphatic rings. The van der Waals surface area contributed by atoms with Gasteiger partial charge in [-0.3, -0.25) is 0 Å². The molecular formula is C17H24O4. The number of benzene rings is 1. The van der Waals surface area contributed by atoms with Gasteiger partial charge in [-0.15, -0.1) is 0 Å². The molecule has 116 valence electrons. The molecule has 0 amide bonds. The highest BCUT2D eigenvalue weighted by molar-refractivity contribution is 5.50. The molecule has 0 spiro atoms. The predicted molar refractivity (Wildman–Crippen MR) is 82.7 cm³/mol. The van der Waals surface area contributed by atoms with Crippen molar-refractivity contribution >= 4 is 0 Å². The maximum absolute atomic E-state index is 8.80. The molecule has 0 radical (unpaired) electrons. The van der Waals surface area contributed by atoms with Crippen LogP contribution in [-0.2, 0) is 4.74 Å². The second-order valence-corrected chi connectivity index (χ2v) is 4.97. The molecular weight excluding hydrogens is 268 g/mol. The average molecular weight is 292 g/mol. The van der Waals surface area contributed by atoms with Crippen molar-refractivity contribution in [2.75, 3.05) is 33.5 Å². The Morgan fingerprint density at radius 2 is 2.00 bits per heavy atom. The van der Waals surface area contributed by atoms with E-state index in [1.165, 1.54) is 0 Å². The van der Waals surface area contributed by atoms with Crippen LogP contribution in [-0.4, -0.2) is 38.6 Å². The zero-order valence-corrected chi connectivity index (χ0v) is 13.0. The van der Waals surface area contributed by atoms with Crippen molar-refractivity contribution in [3.63, 3.8) is 0 Å². The molecule has 21 heavy (non-hydrogen) atoms. The zero-order valence-electron chi connectivity index (χ0n) is 13.0. The van der Waals surface area contributed by atoms with E-state index in [0.29, 0.717) is 36.2 Å². The van der Waals surface area contributed by atoms with Gasteiger partial charge in [0.15, 0.2) is 0 Å². The second-order valence-electron chi connectivity index (χ2n) is 4.97. The largest absolute Gasteiger partial charge is 0.497 e. The summed E-state index contributed by atoms with van der Waals surface area (Å²) in [7, 11) is 1.60. The van der Waals surface area contributed by atoms with Gasteiger partial charge in [-0.25, -0.2) is 0 Å². The number of aliphatic hydroxyl groups is 1. The average Bonchev–Trinajstić information content (AvgIpc) is 2.48. The van der Waals surface area contributed by atoms with Gasteiger partial charge < -0.3 is 19.3 Å². The molecule has 1 N–H and O–H groups in total. The summed E-state index contributed by atoms with van der Waals surface area (Å²) in [5, 5.41) is 8.80. The van der Waals surface area contributed by atoms with Gasteiger partial charge >= 0.3 is 0 Å². The molecule has 0 fully saturated rings. The third-order valence-electron chi connectivity index (χ3n) is 2.81. The van der Waals surface area contributed by atoms with Gasteiger partial charge in [0.1, 0.15) is 24.7 Å². The Balaban J connectivity index is 2.49. The fourth-order valence-electron chi connectivity index (χ4n) is 1.63. The quantitative estimate of drug-likeness (QED) is 0.591. The van der Waals surface area contributed by atoms with Crippen LogP contribution < -0.4 is 9.47 Å². The van der Waals surface area contributed by atoms with E-state index >= 15 is 0 Å². The first-order chi connectivity index (χ1) is 10.2. The minimum atomic E-state index is -0.186. The summed E-state index contributed by atoms with van der Waals surface area (Å²) in [5.74, 6) is 7.50. The van der Waals surface area contributed by atoms with Crippen molar-refractivity contribution in [2.45, 2.75) is 20.3 Å². The lowest BCUT2D eigenvalue weighted by Gasteiger charge is -2.10. The van der Waals surface area contributed by atoms with E-state index in [1.54, 1.807) is 13.2 Å². The summed E-state index contributed by atoms with van der Waals surface area (Å²) < 4.78 is 16.3. The summed E-state index contributed by atoms with van der Waals surface area (Å²) in [6, 6.07) is 5.42. The smallest absolute Gasteiger partial charge is 0.135 e. The van der Waals surface area contributed by atoms with E-state index in [9.17, 15) is 0 Å². The summed E-state index contributed by atoms with van der Waals surface area (Å²) in [6.07, 6.45) is 1.05. The Bertz CT molecular complexity index is 471. The maximum Gasteiger partial charge on any atom is 0.135 e. The van der Waals surface area contributed by atoms with Crippen molar-refractivity contribution in [1.29, 1.82) is 0 Å². The Labute approximate surface area is 127 Å². The SMILES string of the molecule is COc1ccc(OCCOCCC(C)C)c(C#CCO)c1. The van der Waals surface area contributed by atoms with Crippen molar-refractivity contribution in [3.05, 3.63) is 23.8 Å². The molecule has 0 aliphatic carbocycles. The van der Waals surface area contributed by atoms with Crippen LogP contribution in [0.25, 0.3) is 0 Å². The Kier molecular flexibility index (Phi) is 8.34. The fraction of sp³-hybridized carbons (Fsp3) is 0.529. The zero-order chi connectivity index (χ0) is 15.5. The molecule has 0 aromatic heterocycles. The van der Waals surface area contributed by atoms with Gasteiger partial charge in [-0.2, -0.15) is 0 Å². The van der Waals surface area contributed by atoms with Crippen LogP contribution in [0.5, 0.6) is 11.5 Å². The van der Waals surface area contributed by atoms with Crippen LogP contribution in [0.3, 0.4) is 0 Å². The fourth-order valence-corrected chi connectivity index (χ4v) is 1.63. The lowest BCUT2D eigenvalue weighted by molar-refractivity contribution is 0.0925. The molecule has 0 aliphatic heterocycles. The van der Waals surface area contributed by atoms with Gasteiger partial charge in [-0.1, -0.05) is 25.7 Å². The summed E-state index contributed by atoms with van der Waals surface area (Å²) in [6.45, 7) is 5.92. The van der Waals surface area contributed by atoms with E-state index in [-0.39, 0.29) is 6.61 Å². The van der Waals surface area contributed by atoms with Crippen LogP contribution in [0.1, 0.15) is 25.8 Å². The molecule has 4 nitrogen and oxygen atoms in total. The van der Waals surface area contributed by atoms with Gasteiger partial charge in [0, 0.05) is 6.61 Å².